The summed E-state index contributed by atoms with van der Waals surface area (Å²) in [6.07, 6.45) is 6.08. The number of ether oxygens (including phenoxy) is 1. The highest BCUT2D eigenvalue weighted by molar-refractivity contribution is 5.78. The number of carbonyl (C=O) groups is 1. The summed E-state index contributed by atoms with van der Waals surface area (Å²) in [5.74, 6) is 0.119. The topological polar surface area (TPSA) is 62.6 Å². The molecule has 1 atom stereocenters. The molecule has 140 valence electrons. The third-order valence-electron chi connectivity index (χ3n) is 5.39. The third-order valence-corrected chi connectivity index (χ3v) is 5.39. The van der Waals surface area contributed by atoms with Crippen molar-refractivity contribution in [2.24, 2.45) is 0 Å². The predicted molar refractivity (Wildman–Crippen MR) is 96.3 cm³/mol. The summed E-state index contributed by atoms with van der Waals surface area (Å²) < 4.78 is 7.38. The van der Waals surface area contributed by atoms with Gasteiger partial charge in [0.25, 0.3) is 0 Å². The van der Waals surface area contributed by atoms with E-state index in [1.165, 1.54) is 0 Å². The van der Waals surface area contributed by atoms with Gasteiger partial charge in [0, 0.05) is 43.6 Å². The lowest BCUT2D eigenvalue weighted by Crippen LogP contribution is -2.56. The van der Waals surface area contributed by atoms with E-state index in [-0.39, 0.29) is 11.4 Å². The van der Waals surface area contributed by atoms with Crippen LogP contribution in [0.5, 0.6) is 0 Å². The highest BCUT2D eigenvalue weighted by Crippen LogP contribution is 2.18. The summed E-state index contributed by atoms with van der Waals surface area (Å²) in [6, 6.07) is 2.35. The molecule has 0 radical (unpaired) electrons. The molecule has 2 aliphatic rings. The lowest BCUT2D eigenvalue weighted by Gasteiger charge is -2.41. The zero-order chi connectivity index (χ0) is 17.7. The molecular weight excluding hydrogens is 318 g/mol. The summed E-state index contributed by atoms with van der Waals surface area (Å²) in [6.45, 7) is 10.8. The SMILES string of the molecule is CC(C)(CNC(=O)CN1CCC[C@@H]1Cn1cccn1)N1CCOCC1. The maximum absolute atomic E-state index is 12.5. The van der Waals surface area contributed by atoms with Gasteiger partial charge in [-0.15, -0.1) is 0 Å². The van der Waals surface area contributed by atoms with Gasteiger partial charge in [0.2, 0.25) is 5.91 Å². The van der Waals surface area contributed by atoms with Gasteiger partial charge in [0.05, 0.1) is 26.3 Å². The van der Waals surface area contributed by atoms with Gasteiger partial charge >= 0.3 is 0 Å². The lowest BCUT2D eigenvalue weighted by atomic mass is 10.0. The summed E-state index contributed by atoms with van der Waals surface area (Å²) in [4.78, 5) is 17.1. The summed E-state index contributed by atoms with van der Waals surface area (Å²) in [5, 5.41) is 7.43. The molecule has 0 unspecified atom stereocenters. The van der Waals surface area contributed by atoms with Crippen LogP contribution in [0.4, 0.5) is 0 Å². The fourth-order valence-electron chi connectivity index (χ4n) is 3.77. The van der Waals surface area contributed by atoms with Crippen LogP contribution in [0.15, 0.2) is 18.5 Å². The normalized spacial score (nSPS) is 23.0. The number of aromatic nitrogens is 2. The molecule has 1 amide bonds. The van der Waals surface area contributed by atoms with Crippen LogP contribution in [0.1, 0.15) is 26.7 Å². The molecule has 0 aromatic carbocycles. The smallest absolute Gasteiger partial charge is 0.234 e. The molecule has 2 saturated heterocycles. The first kappa shape index (κ1) is 18.4. The number of morpholine rings is 1. The van der Waals surface area contributed by atoms with Crippen LogP contribution in [0.3, 0.4) is 0 Å². The van der Waals surface area contributed by atoms with E-state index in [0.29, 0.717) is 19.1 Å². The molecule has 7 heteroatoms. The Hall–Kier alpha value is -1.44. The van der Waals surface area contributed by atoms with Crippen LogP contribution in [-0.2, 0) is 16.1 Å². The number of hydrogen-bond donors (Lipinski definition) is 1. The first-order valence-electron chi connectivity index (χ1n) is 9.35. The fourth-order valence-corrected chi connectivity index (χ4v) is 3.77. The van der Waals surface area contributed by atoms with Gasteiger partial charge in [0.15, 0.2) is 0 Å². The van der Waals surface area contributed by atoms with Crippen molar-refractivity contribution in [3.05, 3.63) is 18.5 Å². The summed E-state index contributed by atoms with van der Waals surface area (Å²) in [7, 11) is 0. The second-order valence-electron chi connectivity index (χ2n) is 7.68. The van der Waals surface area contributed by atoms with Crippen molar-refractivity contribution in [1.29, 1.82) is 0 Å². The standard InChI is InChI=1S/C18H31N5O2/c1-18(2,22-9-11-25-12-10-22)15-19-17(24)14-21-7-3-5-16(21)13-23-8-4-6-20-23/h4,6,8,16H,3,5,7,9-15H2,1-2H3,(H,19,24)/t16-/m1/s1. The molecule has 25 heavy (non-hydrogen) atoms. The van der Waals surface area contributed by atoms with E-state index in [4.69, 9.17) is 4.74 Å². The highest BCUT2D eigenvalue weighted by atomic mass is 16.5. The van der Waals surface area contributed by atoms with Crippen LogP contribution in [-0.4, -0.2) is 83.0 Å². The maximum atomic E-state index is 12.5. The molecule has 2 fully saturated rings. The summed E-state index contributed by atoms with van der Waals surface area (Å²) >= 11 is 0. The maximum Gasteiger partial charge on any atom is 0.234 e. The Kier molecular flexibility index (Phi) is 6.09. The Morgan fingerprint density at radius 3 is 2.84 bits per heavy atom. The van der Waals surface area contributed by atoms with E-state index in [9.17, 15) is 4.79 Å². The monoisotopic (exact) mass is 349 g/mol. The molecule has 0 aliphatic carbocycles. The fraction of sp³-hybridized carbons (Fsp3) is 0.778. The molecule has 3 heterocycles. The van der Waals surface area contributed by atoms with Crippen LogP contribution >= 0.6 is 0 Å². The molecular formula is C18H31N5O2. The number of nitrogens with one attached hydrogen (secondary N) is 1. The molecule has 1 aromatic heterocycles. The minimum absolute atomic E-state index is 0.0427. The molecule has 1 aromatic rings. The predicted octanol–water partition coefficient (Wildman–Crippen LogP) is 0.575. The van der Waals surface area contributed by atoms with Crippen LogP contribution < -0.4 is 5.32 Å². The second kappa shape index (κ2) is 8.29. The van der Waals surface area contributed by atoms with Crippen molar-refractivity contribution >= 4 is 5.91 Å². The highest BCUT2D eigenvalue weighted by Gasteiger charge is 2.30. The van der Waals surface area contributed by atoms with Crippen molar-refractivity contribution in [3.8, 4) is 0 Å². The van der Waals surface area contributed by atoms with Gasteiger partial charge in [-0.05, 0) is 39.3 Å². The average Bonchev–Trinajstić information content (AvgIpc) is 3.27. The first-order chi connectivity index (χ1) is 12.0. The van der Waals surface area contributed by atoms with Gasteiger partial charge < -0.3 is 10.1 Å². The second-order valence-corrected chi connectivity index (χ2v) is 7.68. The Morgan fingerprint density at radius 1 is 1.32 bits per heavy atom. The number of nitrogens with zero attached hydrogens (tertiary/aromatic N) is 4. The number of hydrogen-bond acceptors (Lipinski definition) is 5. The van der Waals surface area contributed by atoms with Gasteiger partial charge in [0.1, 0.15) is 0 Å². The average molecular weight is 349 g/mol. The Morgan fingerprint density at radius 2 is 2.12 bits per heavy atom. The van der Waals surface area contributed by atoms with Gasteiger partial charge in [-0.2, -0.15) is 5.10 Å². The minimum Gasteiger partial charge on any atom is -0.379 e. The van der Waals surface area contributed by atoms with Crippen LogP contribution in [0.2, 0.25) is 0 Å². The van der Waals surface area contributed by atoms with Crippen LogP contribution in [0, 0.1) is 0 Å². The number of amides is 1. The van der Waals surface area contributed by atoms with Crippen molar-refractivity contribution in [2.45, 2.75) is 44.8 Å². The van der Waals surface area contributed by atoms with Gasteiger partial charge in [-0.3, -0.25) is 19.3 Å². The van der Waals surface area contributed by atoms with E-state index < -0.39 is 0 Å². The van der Waals surface area contributed by atoms with Crippen molar-refractivity contribution in [3.63, 3.8) is 0 Å². The van der Waals surface area contributed by atoms with E-state index in [2.05, 4.69) is 34.1 Å². The number of rotatable bonds is 7. The first-order valence-corrected chi connectivity index (χ1v) is 9.35. The Balaban J connectivity index is 1.45. The minimum atomic E-state index is -0.0427. The largest absolute Gasteiger partial charge is 0.379 e. The number of likely N-dealkylation sites (tertiary alicyclic amines) is 1. The van der Waals surface area contributed by atoms with Gasteiger partial charge in [-0.1, -0.05) is 0 Å². The molecule has 7 nitrogen and oxygen atoms in total. The van der Waals surface area contributed by atoms with Crippen molar-refractivity contribution in [1.82, 2.24) is 24.9 Å². The van der Waals surface area contributed by atoms with E-state index in [0.717, 1.165) is 52.2 Å². The molecule has 2 aliphatic heterocycles. The Labute approximate surface area is 150 Å². The molecule has 3 rings (SSSR count). The van der Waals surface area contributed by atoms with E-state index in [1.54, 1.807) is 6.20 Å². The quantitative estimate of drug-likeness (QED) is 0.780. The summed E-state index contributed by atoms with van der Waals surface area (Å²) in [5.41, 5.74) is -0.0427. The van der Waals surface area contributed by atoms with E-state index >= 15 is 0 Å². The van der Waals surface area contributed by atoms with E-state index in [1.807, 2.05) is 16.9 Å². The lowest BCUT2D eigenvalue weighted by molar-refractivity contribution is -0.123. The molecule has 1 N–H and O–H groups in total. The third kappa shape index (κ3) is 5.03. The number of carbonyl (C=O) groups excluding carboxylic acids is 1. The molecule has 0 bridgehead atoms. The Bertz CT molecular complexity index is 540. The van der Waals surface area contributed by atoms with Gasteiger partial charge in [-0.25, -0.2) is 0 Å². The molecule has 0 spiro atoms. The van der Waals surface area contributed by atoms with Crippen LogP contribution in [0.25, 0.3) is 0 Å². The zero-order valence-corrected chi connectivity index (χ0v) is 15.5. The van der Waals surface area contributed by atoms with Crippen molar-refractivity contribution in [2.75, 3.05) is 45.9 Å². The van der Waals surface area contributed by atoms with Crippen molar-refractivity contribution < 1.29 is 9.53 Å². The molecule has 0 saturated carbocycles. The zero-order valence-electron chi connectivity index (χ0n) is 15.5.